The number of aryl methyl sites for hydroxylation is 2. The van der Waals surface area contributed by atoms with Crippen molar-refractivity contribution < 1.29 is 14.3 Å². The van der Waals surface area contributed by atoms with Gasteiger partial charge in [-0.3, -0.25) is 9.48 Å². The number of hydrogen-bond acceptors (Lipinski definition) is 5. The van der Waals surface area contributed by atoms with Gasteiger partial charge in [0.25, 0.3) is 0 Å². The lowest BCUT2D eigenvalue weighted by Gasteiger charge is -2.33. The van der Waals surface area contributed by atoms with Gasteiger partial charge in [-0.05, 0) is 68.1 Å². The molecular weight excluding hydrogens is 517 g/mol. The normalized spacial score (nSPS) is 14.2. The largest absolute Gasteiger partial charge is 0.393 e. The molecule has 2 aromatic heterocycles. The highest BCUT2D eigenvalue weighted by molar-refractivity contribution is 6.31. The standard InChI is InChI=1S/C30H33ClFN5O2/c1-21-8-16-37(34-21)17-12-29(39)36(13-9-22-2-6-26(32)7-3-22)20-24-18-23-4-5-25(31)19-28(23)33-30(24)35-14-10-27(38)11-15-35/h2-8,16,18-19,27,38H,9-15,17,20H2,1H3. The minimum Gasteiger partial charge on any atom is -0.393 e. The quantitative estimate of drug-likeness (QED) is 0.312. The van der Waals surface area contributed by atoms with Crippen LogP contribution in [-0.2, 0) is 24.3 Å². The monoisotopic (exact) mass is 549 g/mol. The Hall–Kier alpha value is -3.49. The number of aliphatic hydroxyl groups excluding tert-OH is 1. The third-order valence-electron chi connectivity index (χ3n) is 7.23. The third kappa shape index (κ3) is 6.94. The van der Waals surface area contributed by atoms with Crippen LogP contribution in [0.3, 0.4) is 0 Å². The molecule has 3 heterocycles. The van der Waals surface area contributed by atoms with Gasteiger partial charge in [-0.15, -0.1) is 0 Å². The van der Waals surface area contributed by atoms with Gasteiger partial charge in [-0.1, -0.05) is 29.8 Å². The zero-order valence-corrected chi connectivity index (χ0v) is 22.8. The zero-order chi connectivity index (χ0) is 27.4. The SMILES string of the molecule is Cc1ccn(CCC(=O)N(CCc2ccc(F)cc2)Cc2cc3ccc(Cl)cc3nc2N2CCC(O)CC2)n1. The lowest BCUT2D eigenvalue weighted by molar-refractivity contribution is -0.132. The Balaban J connectivity index is 1.43. The summed E-state index contributed by atoms with van der Waals surface area (Å²) in [6.07, 6.45) is 3.84. The van der Waals surface area contributed by atoms with E-state index in [2.05, 4.69) is 16.1 Å². The number of carbonyl (C=O) groups excluding carboxylic acids is 1. The summed E-state index contributed by atoms with van der Waals surface area (Å²) in [5.41, 5.74) is 3.62. The molecule has 1 N–H and O–H groups in total. The molecule has 0 bridgehead atoms. The highest BCUT2D eigenvalue weighted by Gasteiger charge is 2.24. The topological polar surface area (TPSA) is 74.5 Å². The molecule has 0 aliphatic carbocycles. The van der Waals surface area contributed by atoms with Gasteiger partial charge in [0.15, 0.2) is 0 Å². The molecule has 4 aromatic rings. The van der Waals surface area contributed by atoms with Gasteiger partial charge in [0, 0.05) is 61.3 Å². The predicted molar refractivity (Wildman–Crippen MR) is 151 cm³/mol. The Labute approximate surface area is 232 Å². The number of carbonyl (C=O) groups is 1. The van der Waals surface area contributed by atoms with E-state index in [1.54, 1.807) is 16.8 Å². The van der Waals surface area contributed by atoms with Crippen molar-refractivity contribution in [1.82, 2.24) is 19.7 Å². The molecule has 9 heteroatoms. The van der Waals surface area contributed by atoms with Crippen molar-refractivity contribution in [3.8, 4) is 0 Å². The number of rotatable bonds is 9. The lowest BCUT2D eigenvalue weighted by Crippen LogP contribution is -2.38. The van der Waals surface area contributed by atoms with E-state index >= 15 is 0 Å². The van der Waals surface area contributed by atoms with Crippen LogP contribution in [0.5, 0.6) is 0 Å². The molecule has 1 saturated heterocycles. The van der Waals surface area contributed by atoms with E-state index in [1.165, 1.54) is 12.1 Å². The summed E-state index contributed by atoms with van der Waals surface area (Å²) in [6.45, 7) is 4.67. The average molecular weight is 550 g/mol. The smallest absolute Gasteiger partial charge is 0.224 e. The summed E-state index contributed by atoms with van der Waals surface area (Å²) in [5, 5.41) is 16.1. The van der Waals surface area contributed by atoms with Crippen molar-refractivity contribution in [3.05, 3.63) is 88.5 Å². The van der Waals surface area contributed by atoms with Crippen LogP contribution in [0, 0.1) is 12.7 Å². The number of piperidine rings is 1. The molecule has 0 radical (unpaired) electrons. The number of halogens is 2. The van der Waals surface area contributed by atoms with Crippen LogP contribution in [0.1, 0.15) is 36.1 Å². The summed E-state index contributed by atoms with van der Waals surface area (Å²) in [5.74, 6) is 0.556. The van der Waals surface area contributed by atoms with E-state index in [0.29, 0.717) is 63.4 Å². The van der Waals surface area contributed by atoms with Crippen molar-refractivity contribution in [2.45, 2.75) is 51.8 Å². The van der Waals surface area contributed by atoms with E-state index < -0.39 is 0 Å². The minimum atomic E-state index is -0.306. The molecule has 204 valence electrons. The second-order valence-corrected chi connectivity index (χ2v) is 10.6. The van der Waals surface area contributed by atoms with Gasteiger partial charge < -0.3 is 14.9 Å². The minimum absolute atomic E-state index is 0.0153. The van der Waals surface area contributed by atoms with Crippen LogP contribution in [-0.4, -0.2) is 56.4 Å². The van der Waals surface area contributed by atoms with Crippen molar-refractivity contribution in [3.63, 3.8) is 0 Å². The Kier molecular flexibility index (Phi) is 8.43. The molecule has 0 spiro atoms. The van der Waals surface area contributed by atoms with Gasteiger partial charge in [-0.2, -0.15) is 5.10 Å². The van der Waals surface area contributed by atoms with Gasteiger partial charge in [0.2, 0.25) is 5.91 Å². The number of pyridine rings is 1. The fraction of sp³-hybridized carbons (Fsp3) is 0.367. The third-order valence-corrected chi connectivity index (χ3v) is 7.46. The second kappa shape index (κ2) is 12.1. The number of hydrogen-bond donors (Lipinski definition) is 1. The molecule has 0 saturated carbocycles. The predicted octanol–water partition coefficient (Wildman–Crippen LogP) is 5.15. The maximum atomic E-state index is 13.6. The van der Waals surface area contributed by atoms with E-state index in [0.717, 1.165) is 33.5 Å². The highest BCUT2D eigenvalue weighted by atomic mass is 35.5. The Morgan fingerprint density at radius 1 is 1.13 bits per heavy atom. The molecule has 1 fully saturated rings. The molecule has 7 nitrogen and oxygen atoms in total. The van der Waals surface area contributed by atoms with Crippen molar-refractivity contribution in [1.29, 1.82) is 0 Å². The molecule has 39 heavy (non-hydrogen) atoms. The lowest BCUT2D eigenvalue weighted by atomic mass is 10.1. The fourth-order valence-electron chi connectivity index (χ4n) is 5.01. The molecule has 1 amide bonds. The van der Waals surface area contributed by atoms with Crippen LogP contribution >= 0.6 is 11.6 Å². The molecule has 1 aliphatic rings. The summed E-state index contributed by atoms with van der Waals surface area (Å²) in [7, 11) is 0. The van der Waals surface area contributed by atoms with Crippen LogP contribution in [0.25, 0.3) is 10.9 Å². The molecule has 5 rings (SSSR count). The first-order valence-electron chi connectivity index (χ1n) is 13.4. The number of anilines is 1. The molecular formula is C30H33ClFN5O2. The highest BCUT2D eigenvalue weighted by Crippen LogP contribution is 2.29. The van der Waals surface area contributed by atoms with Gasteiger partial charge in [0.05, 0.1) is 17.3 Å². The number of aliphatic hydroxyl groups is 1. The van der Waals surface area contributed by atoms with Crippen LogP contribution < -0.4 is 4.90 Å². The molecule has 2 aromatic carbocycles. The van der Waals surface area contributed by atoms with Crippen molar-refractivity contribution in [2.24, 2.45) is 0 Å². The number of aromatic nitrogens is 3. The molecule has 0 atom stereocenters. The van der Waals surface area contributed by atoms with Gasteiger partial charge in [0.1, 0.15) is 11.6 Å². The Morgan fingerprint density at radius 2 is 1.90 bits per heavy atom. The first kappa shape index (κ1) is 27.1. The van der Waals surface area contributed by atoms with Crippen LogP contribution in [0.15, 0.2) is 60.8 Å². The maximum Gasteiger partial charge on any atom is 0.224 e. The van der Waals surface area contributed by atoms with E-state index in [9.17, 15) is 14.3 Å². The number of fused-ring (bicyclic) bond motifs is 1. The molecule has 1 aliphatic heterocycles. The first-order chi connectivity index (χ1) is 18.8. The second-order valence-electron chi connectivity index (χ2n) is 10.2. The molecule has 0 unspecified atom stereocenters. The Morgan fingerprint density at radius 3 is 2.62 bits per heavy atom. The fourth-order valence-corrected chi connectivity index (χ4v) is 5.18. The van der Waals surface area contributed by atoms with E-state index in [-0.39, 0.29) is 17.8 Å². The zero-order valence-electron chi connectivity index (χ0n) is 22.1. The first-order valence-corrected chi connectivity index (χ1v) is 13.8. The van der Waals surface area contributed by atoms with Crippen LogP contribution in [0.4, 0.5) is 10.2 Å². The summed E-state index contributed by atoms with van der Waals surface area (Å²) >= 11 is 6.27. The number of benzene rings is 2. The maximum absolute atomic E-state index is 13.6. The van der Waals surface area contributed by atoms with Crippen LogP contribution in [0.2, 0.25) is 5.02 Å². The Bertz CT molecular complexity index is 1430. The van der Waals surface area contributed by atoms with Gasteiger partial charge >= 0.3 is 0 Å². The van der Waals surface area contributed by atoms with E-state index in [4.69, 9.17) is 16.6 Å². The van der Waals surface area contributed by atoms with E-state index in [1.807, 2.05) is 42.3 Å². The van der Waals surface area contributed by atoms with Gasteiger partial charge in [-0.25, -0.2) is 9.37 Å². The number of amides is 1. The average Bonchev–Trinajstić information content (AvgIpc) is 3.35. The summed E-state index contributed by atoms with van der Waals surface area (Å²) in [4.78, 5) is 22.6. The van der Waals surface area contributed by atoms with Crippen molar-refractivity contribution in [2.75, 3.05) is 24.5 Å². The van der Waals surface area contributed by atoms with Crippen molar-refractivity contribution >= 4 is 34.2 Å². The number of nitrogens with zero attached hydrogens (tertiary/aromatic N) is 5. The summed E-state index contributed by atoms with van der Waals surface area (Å²) in [6, 6.07) is 16.1. The summed E-state index contributed by atoms with van der Waals surface area (Å²) < 4.78 is 15.2.